The molecular weight excluding hydrogens is 524 g/mol. The van der Waals surface area contributed by atoms with E-state index in [1.807, 2.05) is 24.3 Å². The summed E-state index contributed by atoms with van der Waals surface area (Å²) in [5.74, 6) is 0.214. The summed E-state index contributed by atoms with van der Waals surface area (Å²) in [5.41, 5.74) is 2.82. The summed E-state index contributed by atoms with van der Waals surface area (Å²) >= 11 is 0. The van der Waals surface area contributed by atoms with Crippen molar-refractivity contribution < 1.29 is 89.8 Å². The summed E-state index contributed by atoms with van der Waals surface area (Å²) in [5, 5.41) is 3.31. The third-order valence-corrected chi connectivity index (χ3v) is 7.30. The van der Waals surface area contributed by atoms with Gasteiger partial charge < -0.3 is 19.2 Å². The van der Waals surface area contributed by atoms with E-state index in [1.54, 1.807) is 13.0 Å². The monoisotopic (exact) mass is 545 g/mol. The zero-order chi connectivity index (χ0) is 24.5. The van der Waals surface area contributed by atoms with Crippen LogP contribution in [-0.2, 0) is 26.8 Å². The quantitative estimate of drug-likeness (QED) is 0.192. The van der Waals surface area contributed by atoms with Crippen molar-refractivity contribution in [2.24, 2.45) is 0 Å². The fourth-order valence-electron chi connectivity index (χ4n) is 3.99. The predicted molar refractivity (Wildman–Crippen MR) is 124 cm³/mol. The maximum Gasteiger partial charge on any atom is 1.00 e. The Balaban J connectivity index is 0.00000228. The molecule has 0 bridgehead atoms. The van der Waals surface area contributed by atoms with E-state index in [-0.39, 0.29) is 88.6 Å². The summed E-state index contributed by atoms with van der Waals surface area (Å²) in [4.78, 5) is -0.950. The van der Waals surface area contributed by atoms with E-state index in [9.17, 15) is 25.9 Å². The van der Waals surface area contributed by atoms with Crippen molar-refractivity contribution in [1.82, 2.24) is 5.32 Å². The minimum Gasteiger partial charge on any atom is -0.744 e. The van der Waals surface area contributed by atoms with Crippen LogP contribution in [0.3, 0.4) is 0 Å². The maximum atomic E-state index is 12.0. The van der Waals surface area contributed by atoms with Gasteiger partial charge in [-0.05, 0) is 52.9 Å². The molecule has 12 heteroatoms. The van der Waals surface area contributed by atoms with E-state index < -0.39 is 30.0 Å². The van der Waals surface area contributed by atoms with Crippen LogP contribution in [0.1, 0.15) is 40.8 Å². The molecule has 3 aromatic rings. The minimum absolute atomic E-state index is 0. The van der Waals surface area contributed by atoms with Crippen molar-refractivity contribution in [1.29, 1.82) is 0 Å². The van der Waals surface area contributed by atoms with Gasteiger partial charge in [0.25, 0.3) is 0 Å². The second-order valence-electron chi connectivity index (χ2n) is 7.68. The SMILES string of the molecule is CCOc1ccc(/C=C/c2ccc(C3NCc4ccccc43)cc2S(=O)(=O)[O-])c(S(=O)(=O)[O-])c1.[Na+].[Na+]. The molecule has 0 spiro atoms. The molecule has 178 valence electrons. The zero-order valence-electron chi connectivity index (χ0n) is 20.1. The Hall–Kier alpha value is -1.02. The second kappa shape index (κ2) is 12.7. The van der Waals surface area contributed by atoms with Crippen LogP contribution in [0.4, 0.5) is 0 Å². The smallest absolute Gasteiger partial charge is 0.744 e. The summed E-state index contributed by atoms with van der Waals surface area (Å²) in [6, 6.07) is 16.0. The van der Waals surface area contributed by atoms with Crippen LogP contribution in [0.15, 0.2) is 70.5 Å². The van der Waals surface area contributed by atoms with E-state index in [4.69, 9.17) is 4.74 Å². The normalized spacial score (nSPS) is 15.1. The number of rotatable bonds is 7. The second-order valence-corrected chi connectivity index (χ2v) is 10.4. The molecule has 0 saturated heterocycles. The van der Waals surface area contributed by atoms with E-state index in [2.05, 4.69) is 5.32 Å². The van der Waals surface area contributed by atoms with Crippen LogP contribution in [-0.4, -0.2) is 32.5 Å². The first-order valence-electron chi connectivity index (χ1n) is 10.4. The number of fused-ring (bicyclic) bond motifs is 1. The Morgan fingerprint density at radius 3 is 2.08 bits per heavy atom. The van der Waals surface area contributed by atoms with Gasteiger partial charge in [-0.25, -0.2) is 16.8 Å². The number of ether oxygens (including phenoxy) is 1. The molecule has 1 unspecified atom stereocenters. The van der Waals surface area contributed by atoms with Gasteiger partial charge in [0.1, 0.15) is 26.0 Å². The Bertz CT molecular complexity index is 1490. The fourth-order valence-corrected chi connectivity index (χ4v) is 5.38. The van der Waals surface area contributed by atoms with Crippen molar-refractivity contribution in [2.75, 3.05) is 6.61 Å². The zero-order valence-corrected chi connectivity index (χ0v) is 25.7. The molecule has 0 amide bonds. The fraction of sp³-hybridized carbons (Fsp3) is 0.167. The largest absolute Gasteiger partial charge is 1.00 e. The van der Waals surface area contributed by atoms with Gasteiger partial charge in [0.2, 0.25) is 0 Å². The van der Waals surface area contributed by atoms with E-state index in [0.717, 1.165) is 17.2 Å². The van der Waals surface area contributed by atoms with Crippen molar-refractivity contribution in [3.05, 3.63) is 88.5 Å². The van der Waals surface area contributed by atoms with Gasteiger partial charge in [-0.15, -0.1) is 0 Å². The van der Waals surface area contributed by atoms with Crippen LogP contribution in [0.25, 0.3) is 12.2 Å². The molecule has 0 fully saturated rings. The third kappa shape index (κ3) is 7.09. The standard InChI is InChI=1S/C24H23NO7S2.2Na/c1-2-32-20-12-11-17(23(14-20)34(29,30)31)8-7-16-9-10-18(13-22(16)33(26,27)28)24-21-6-4-3-5-19(21)15-25-24;;/h3-14,24-25H,2,15H2,1H3,(H,26,27,28)(H,29,30,31);;/q;2*+1/p-2/b8-7+;;. The summed E-state index contributed by atoms with van der Waals surface area (Å²) < 4.78 is 76.6. The van der Waals surface area contributed by atoms with Crippen LogP contribution < -0.4 is 69.2 Å². The van der Waals surface area contributed by atoms with Crippen molar-refractivity contribution in [3.63, 3.8) is 0 Å². The molecule has 36 heavy (non-hydrogen) atoms. The van der Waals surface area contributed by atoms with Crippen LogP contribution in [0.5, 0.6) is 5.75 Å². The summed E-state index contributed by atoms with van der Waals surface area (Å²) in [6.45, 7) is 2.62. The third-order valence-electron chi connectivity index (χ3n) is 5.51. The first-order chi connectivity index (χ1) is 16.1. The molecule has 1 atom stereocenters. The molecule has 3 aromatic carbocycles. The first-order valence-corrected chi connectivity index (χ1v) is 13.2. The van der Waals surface area contributed by atoms with E-state index in [0.29, 0.717) is 12.1 Å². The molecule has 8 nitrogen and oxygen atoms in total. The van der Waals surface area contributed by atoms with Crippen LogP contribution in [0, 0.1) is 0 Å². The minimum atomic E-state index is -4.85. The molecule has 0 radical (unpaired) electrons. The molecule has 0 aromatic heterocycles. The Morgan fingerprint density at radius 1 is 0.889 bits per heavy atom. The van der Waals surface area contributed by atoms with Gasteiger partial charge in [-0.2, -0.15) is 0 Å². The summed E-state index contributed by atoms with van der Waals surface area (Å²) in [7, 11) is -9.68. The molecule has 0 saturated carbocycles. The van der Waals surface area contributed by atoms with Gasteiger partial charge >= 0.3 is 59.1 Å². The number of benzene rings is 3. The van der Waals surface area contributed by atoms with Gasteiger partial charge in [0.05, 0.1) is 22.4 Å². The summed E-state index contributed by atoms with van der Waals surface area (Å²) in [6.07, 6.45) is 2.59. The van der Waals surface area contributed by atoms with Crippen LogP contribution in [0.2, 0.25) is 0 Å². The van der Waals surface area contributed by atoms with Gasteiger partial charge in [0.15, 0.2) is 0 Å². The van der Waals surface area contributed by atoms with Crippen molar-refractivity contribution in [2.45, 2.75) is 29.3 Å². The molecular formula is C24H21NNa2O7S2. The number of hydrogen-bond acceptors (Lipinski definition) is 8. The molecule has 1 heterocycles. The van der Waals surface area contributed by atoms with Gasteiger partial charge in [-0.1, -0.05) is 54.6 Å². The Labute approximate surface area is 255 Å². The number of nitrogens with one attached hydrogen (secondary N) is 1. The Morgan fingerprint density at radius 2 is 1.47 bits per heavy atom. The van der Waals surface area contributed by atoms with Crippen LogP contribution >= 0.6 is 0 Å². The average molecular weight is 546 g/mol. The molecule has 1 N–H and O–H groups in total. The van der Waals surface area contributed by atoms with E-state index in [1.165, 1.54) is 36.4 Å². The van der Waals surface area contributed by atoms with Gasteiger partial charge in [0, 0.05) is 6.54 Å². The molecule has 1 aliphatic rings. The average Bonchev–Trinajstić information content (AvgIpc) is 3.21. The predicted octanol–water partition coefficient (Wildman–Crippen LogP) is -2.74. The molecule has 0 aliphatic carbocycles. The van der Waals surface area contributed by atoms with Crippen molar-refractivity contribution >= 4 is 32.4 Å². The maximum absolute atomic E-state index is 12.0. The topological polar surface area (TPSA) is 136 Å². The Kier molecular flexibility index (Phi) is 11.0. The first kappa shape index (κ1) is 31.2. The number of hydrogen-bond donors (Lipinski definition) is 1. The van der Waals surface area contributed by atoms with Crippen molar-refractivity contribution in [3.8, 4) is 5.75 Å². The molecule has 1 aliphatic heterocycles. The van der Waals surface area contributed by atoms with Gasteiger partial charge in [-0.3, -0.25) is 0 Å². The molecule has 4 rings (SSSR count). The van der Waals surface area contributed by atoms with E-state index >= 15 is 0 Å².